The monoisotopic (exact) mass is 279 g/mol. The maximum absolute atomic E-state index is 12.4. The van der Waals surface area contributed by atoms with Gasteiger partial charge in [-0.1, -0.05) is 13.8 Å². The van der Waals surface area contributed by atoms with E-state index < -0.39 is 12.0 Å². The Morgan fingerprint density at radius 1 is 1.45 bits per heavy atom. The van der Waals surface area contributed by atoms with Crippen LogP contribution in [0.3, 0.4) is 0 Å². The van der Waals surface area contributed by atoms with Gasteiger partial charge in [-0.2, -0.15) is 5.10 Å². The highest BCUT2D eigenvalue weighted by Gasteiger charge is 2.35. The van der Waals surface area contributed by atoms with Gasteiger partial charge in [-0.15, -0.1) is 0 Å². The fourth-order valence-electron chi connectivity index (χ4n) is 2.73. The molecule has 1 fully saturated rings. The number of rotatable bonds is 5. The molecule has 0 bridgehead atoms. The summed E-state index contributed by atoms with van der Waals surface area (Å²) in [5, 5.41) is 13.5. The second-order valence-electron chi connectivity index (χ2n) is 5.15. The van der Waals surface area contributed by atoms with Crippen molar-refractivity contribution < 1.29 is 14.7 Å². The van der Waals surface area contributed by atoms with Gasteiger partial charge in [0.25, 0.3) is 5.91 Å². The first-order valence-electron chi connectivity index (χ1n) is 7.17. The summed E-state index contributed by atoms with van der Waals surface area (Å²) in [7, 11) is 0. The van der Waals surface area contributed by atoms with Gasteiger partial charge in [0.05, 0.1) is 6.04 Å². The van der Waals surface area contributed by atoms with Gasteiger partial charge in [0.2, 0.25) is 0 Å². The lowest BCUT2D eigenvalue weighted by Gasteiger charge is -2.20. The molecule has 1 N–H and O–H groups in total. The first kappa shape index (κ1) is 14.6. The summed E-state index contributed by atoms with van der Waals surface area (Å²) in [6.45, 7) is 4.66. The van der Waals surface area contributed by atoms with Crippen LogP contribution in [0.1, 0.15) is 56.1 Å². The number of carboxylic acid groups (broad SMARTS) is 1. The molecule has 0 saturated carbocycles. The molecule has 2 heterocycles. The zero-order valence-corrected chi connectivity index (χ0v) is 12.0. The van der Waals surface area contributed by atoms with E-state index in [1.165, 1.54) is 4.90 Å². The molecular formula is C14H21N3O3. The first-order valence-corrected chi connectivity index (χ1v) is 7.17. The second-order valence-corrected chi connectivity index (χ2v) is 5.15. The second kappa shape index (κ2) is 6.07. The normalized spacial score (nSPS) is 18.8. The molecule has 0 aromatic carbocycles. The van der Waals surface area contributed by atoms with Crippen molar-refractivity contribution in [1.82, 2.24) is 14.7 Å². The summed E-state index contributed by atoms with van der Waals surface area (Å²) in [4.78, 5) is 24.9. The van der Waals surface area contributed by atoms with E-state index >= 15 is 0 Å². The predicted molar refractivity (Wildman–Crippen MR) is 73.5 cm³/mol. The molecule has 0 spiro atoms. The Morgan fingerprint density at radius 2 is 2.15 bits per heavy atom. The molecule has 1 aliphatic heterocycles. The number of nitrogens with zero attached hydrogens (tertiary/aromatic N) is 3. The van der Waals surface area contributed by atoms with E-state index in [1.54, 1.807) is 16.9 Å². The highest BCUT2D eigenvalue weighted by atomic mass is 16.4. The molecule has 6 heteroatoms. The molecule has 0 unspecified atom stereocenters. The van der Waals surface area contributed by atoms with Gasteiger partial charge in [0.15, 0.2) is 0 Å². The van der Waals surface area contributed by atoms with Gasteiger partial charge in [-0.3, -0.25) is 9.48 Å². The van der Waals surface area contributed by atoms with Gasteiger partial charge in [-0.05, 0) is 31.7 Å². The minimum atomic E-state index is -0.935. The molecule has 1 aromatic heterocycles. The summed E-state index contributed by atoms with van der Waals surface area (Å²) >= 11 is 0. The summed E-state index contributed by atoms with van der Waals surface area (Å²) in [5.41, 5.74) is 0.338. The van der Waals surface area contributed by atoms with E-state index in [9.17, 15) is 9.59 Å². The standard InChI is InChI=1S/C14H21N3O3/c1-3-10(4-2)17-9-7-11(15-17)13(18)16-8-5-6-12(16)14(19)20/h7,9-10,12H,3-6,8H2,1-2H3,(H,19,20)/t12-/m1/s1. The van der Waals surface area contributed by atoms with Gasteiger partial charge >= 0.3 is 5.97 Å². The number of amides is 1. The van der Waals surface area contributed by atoms with Crippen molar-refractivity contribution in [3.8, 4) is 0 Å². The lowest BCUT2D eigenvalue weighted by Crippen LogP contribution is -2.40. The van der Waals surface area contributed by atoms with Gasteiger partial charge in [-0.25, -0.2) is 4.79 Å². The molecule has 1 amide bonds. The van der Waals surface area contributed by atoms with Crippen molar-refractivity contribution in [2.45, 2.75) is 51.6 Å². The van der Waals surface area contributed by atoms with E-state index in [4.69, 9.17) is 5.11 Å². The number of hydrogen-bond donors (Lipinski definition) is 1. The van der Waals surface area contributed by atoms with Crippen LogP contribution in [-0.2, 0) is 4.79 Å². The Kier molecular flexibility index (Phi) is 4.42. The van der Waals surface area contributed by atoms with E-state index in [-0.39, 0.29) is 11.9 Å². The van der Waals surface area contributed by atoms with Crippen LogP contribution in [0.25, 0.3) is 0 Å². The molecule has 0 aliphatic carbocycles. The first-order chi connectivity index (χ1) is 9.58. The minimum absolute atomic E-state index is 0.278. The number of carbonyl (C=O) groups is 2. The number of aromatic nitrogens is 2. The molecule has 2 rings (SSSR count). The summed E-state index contributed by atoms with van der Waals surface area (Å²) in [5.74, 6) is -1.21. The molecule has 6 nitrogen and oxygen atoms in total. The molecule has 1 atom stereocenters. The van der Waals surface area contributed by atoms with Crippen molar-refractivity contribution in [3.63, 3.8) is 0 Å². The number of hydrogen-bond acceptors (Lipinski definition) is 3. The topological polar surface area (TPSA) is 75.4 Å². The third-order valence-electron chi connectivity index (χ3n) is 3.94. The van der Waals surface area contributed by atoms with E-state index in [1.807, 2.05) is 0 Å². The SMILES string of the molecule is CCC(CC)n1ccc(C(=O)N2CCC[C@@H]2C(=O)O)n1. The predicted octanol–water partition coefficient (Wildman–Crippen LogP) is 1.93. The Balaban J connectivity index is 2.15. The van der Waals surface area contributed by atoms with Crippen molar-refractivity contribution in [1.29, 1.82) is 0 Å². The largest absolute Gasteiger partial charge is 0.480 e. The average molecular weight is 279 g/mol. The maximum Gasteiger partial charge on any atom is 0.326 e. The lowest BCUT2D eigenvalue weighted by molar-refractivity contribution is -0.141. The molecule has 0 radical (unpaired) electrons. The van der Waals surface area contributed by atoms with Crippen molar-refractivity contribution in [3.05, 3.63) is 18.0 Å². The van der Waals surface area contributed by atoms with Crippen LogP contribution in [-0.4, -0.2) is 44.3 Å². The third kappa shape index (κ3) is 2.69. The molecule has 20 heavy (non-hydrogen) atoms. The zero-order valence-electron chi connectivity index (χ0n) is 12.0. The number of carbonyl (C=O) groups excluding carboxylic acids is 1. The minimum Gasteiger partial charge on any atom is -0.480 e. The fourth-order valence-corrected chi connectivity index (χ4v) is 2.73. The fraction of sp³-hybridized carbons (Fsp3) is 0.643. The number of aliphatic carboxylic acids is 1. The van der Waals surface area contributed by atoms with Crippen LogP contribution >= 0.6 is 0 Å². The van der Waals surface area contributed by atoms with Crippen LogP contribution in [0.2, 0.25) is 0 Å². The molecule has 1 saturated heterocycles. The third-order valence-corrected chi connectivity index (χ3v) is 3.94. The molecule has 110 valence electrons. The molecule has 1 aromatic rings. The van der Waals surface area contributed by atoms with E-state index in [2.05, 4.69) is 18.9 Å². The zero-order chi connectivity index (χ0) is 14.7. The van der Waals surface area contributed by atoms with Gasteiger partial charge < -0.3 is 10.0 Å². The van der Waals surface area contributed by atoms with Crippen LogP contribution in [0.4, 0.5) is 0 Å². The Labute approximate surface area is 118 Å². The highest BCUT2D eigenvalue weighted by Crippen LogP contribution is 2.21. The van der Waals surface area contributed by atoms with Crippen LogP contribution in [0.5, 0.6) is 0 Å². The van der Waals surface area contributed by atoms with Crippen molar-refractivity contribution >= 4 is 11.9 Å². The van der Waals surface area contributed by atoms with Gasteiger partial charge in [0, 0.05) is 12.7 Å². The number of carboxylic acids is 1. The van der Waals surface area contributed by atoms with Crippen LogP contribution < -0.4 is 0 Å². The van der Waals surface area contributed by atoms with E-state index in [0.29, 0.717) is 18.7 Å². The lowest BCUT2D eigenvalue weighted by atomic mass is 10.2. The van der Waals surface area contributed by atoms with Crippen molar-refractivity contribution in [2.75, 3.05) is 6.54 Å². The summed E-state index contributed by atoms with van der Waals surface area (Å²) < 4.78 is 1.80. The summed E-state index contributed by atoms with van der Waals surface area (Å²) in [6, 6.07) is 1.25. The maximum atomic E-state index is 12.4. The van der Waals surface area contributed by atoms with E-state index in [0.717, 1.165) is 19.3 Å². The average Bonchev–Trinajstić information content (AvgIpc) is 3.08. The Bertz CT molecular complexity index is 494. The van der Waals surface area contributed by atoms with Crippen molar-refractivity contribution in [2.24, 2.45) is 0 Å². The quantitative estimate of drug-likeness (QED) is 0.893. The summed E-state index contributed by atoms with van der Waals surface area (Å²) in [6.07, 6.45) is 4.96. The Hall–Kier alpha value is -1.85. The van der Waals surface area contributed by atoms with Gasteiger partial charge in [0.1, 0.15) is 11.7 Å². The smallest absolute Gasteiger partial charge is 0.326 e. The highest BCUT2D eigenvalue weighted by molar-refractivity contribution is 5.95. The van der Waals surface area contributed by atoms with Crippen LogP contribution in [0.15, 0.2) is 12.3 Å². The Morgan fingerprint density at radius 3 is 2.75 bits per heavy atom. The molecular weight excluding hydrogens is 258 g/mol. The van der Waals surface area contributed by atoms with Crippen LogP contribution in [0, 0.1) is 0 Å². The number of likely N-dealkylation sites (tertiary alicyclic amines) is 1. The molecule has 1 aliphatic rings.